The van der Waals surface area contributed by atoms with E-state index in [2.05, 4.69) is 26.5 Å². The van der Waals surface area contributed by atoms with Crippen molar-refractivity contribution in [3.63, 3.8) is 0 Å². The molecule has 0 atom stereocenters. The zero-order valence-electron chi connectivity index (χ0n) is 6.49. The molecule has 64 valence electrons. The molecule has 1 heterocycles. The molecular weight excluding hydrogens is 222 g/mol. The van der Waals surface area contributed by atoms with Crippen LogP contribution in [0.2, 0.25) is 0 Å². The van der Waals surface area contributed by atoms with Gasteiger partial charge < -0.3 is 4.57 Å². The summed E-state index contributed by atoms with van der Waals surface area (Å²) in [5, 5.41) is 3.79. The molecule has 0 radical (unpaired) electrons. The molecule has 1 amide bonds. The highest BCUT2D eigenvalue weighted by Gasteiger charge is 1.88. The smallest absolute Gasteiger partial charge is 0.227 e. The van der Waals surface area contributed by atoms with Gasteiger partial charge in [0.05, 0.1) is 0 Å². The van der Waals surface area contributed by atoms with Gasteiger partial charge >= 0.3 is 0 Å². The Labute approximate surface area is 78.0 Å². The fraction of sp³-hybridized carbons (Fsp3) is 0.143. The Morgan fingerprint density at radius 2 is 2.42 bits per heavy atom. The van der Waals surface area contributed by atoms with Gasteiger partial charge in [0.2, 0.25) is 6.41 Å². The number of amides is 1. The zero-order valence-corrected chi connectivity index (χ0v) is 8.08. The minimum absolute atomic E-state index is 0.530. The molecular formula is C7H8BrN3O. The Hall–Kier alpha value is -1.10. The van der Waals surface area contributed by atoms with Crippen molar-refractivity contribution in [2.45, 2.75) is 0 Å². The molecule has 0 aromatic carbocycles. The molecule has 0 aliphatic carbocycles. The fourth-order valence-corrected chi connectivity index (χ4v) is 1.21. The van der Waals surface area contributed by atoms with Gasteiger partial charge in [0.15, 0.2) is 5.49 Å². The van der Waals surface area contributed by atoms with Gasteiger partial charge in [-0.3, -0.25) is 4.79 Å². The van der Waals surface area contributed by atoms with Crippen LogP contribution in [0.5, 0.6) is 0 Å². The van der Waals surface area contributed by atoms with Crippen LogP contribution < -0.4 is 10.9 Å². The van der Waals surface area contributed by atoms with Crippen molar-refractivity contribution >= 4 is 22.3 Å². The van der Waals surface area contributed by atoms with E-state index in [-0.39, 0.29) is 0 Å². The number of halogens is 1. The summed E-state index contributed by atoms with van der Waals surface area (Å²) in [4.78, 5) is 9.93. The SMILES string of the molecule is Cn1cc(Br)cc/c1=N/NC=O. The number of aryl methyl sites for hydroxylation is 1. The van der Waals surface area contributed by atoms with Crippen LogP contribution in [0.25, 0.3) is 0 Å². The van der Waals surface area contributed by atoms with E-state index in [1.165, 1.54) is 0 Å². The topological polar surface area (TPSA) is 46.4 Å². The van der Waals surface area contributed by atoms with Crippen LogP contribution >= 0.6 is 15.9 Å². The van der Waals surface area contributed by atoms with Crippen LogP contribution in [0, 0.1) is 0 Å². The summed E-state index contributed by atoms with van der Waals surface area (Å²) in [7, 11) is 1.84. The highest BCUT2D eigenvalue weighted by molar-refractivity contribution is 9.10. The summed E-state index contributed by atoms with van der Waals surface area (Å²) in [5.74, 6) is 0. The maximum Gasteiger partial charge on any atom is 0.227 e. The average molecular weight is 230 g/mol. The van der Waals surface area contributed by atoms with Crippen LogP contribution in [-0.2, 0) is 11.8 Å². The normalized spacial score (nSPS) is 11.3. The lowest BCUT2D eigenvalue weighted by atomic mass is 10.5. The van der Waals surface area contributed by atoms with Crippen molar-refractivity contribution < 1.29 is 4.79 Å². The van der Waals surface area contributed by atoms with Gasteiger partial charge in [0, 0.05) is 17.7 Å². The molecule has 1 aromatic rings. The third kappa shape index (κ3) is 2.20. The van der Waals surface area contributed by atoms with Crippen LogP contribution in [0.1, 0.15) is 0 Å². The van der Waals surface area contributed by atoms with E-state index >= 15 is 0 Å². The van der Waals surface area contributed by atoms with Crippen LogP contribution in [0.3, 0.4) is 0 Å². The first kappa shape index (κ1) is 8.99. The van der Waals surface area contributed by atoms with E-state index in [9.17, 15) is 4.79 Å². The molecule has 0 saturated carbocycles. The quantitative estimate of drug-likeness (QED) is 0.578. The molecule has 0 saturated heterocycles. The van der Waals surface area contributed by atoms with E-state index in [0.29, 0.717) is 11.9 Å². The number of hydrogen-bond donors (Lipinski definition) is 1. The number of aromatic nitrogens is 1. The molecule has 1 rings (SSSR count). The number of hydrogen-bond acceptors (Lipinski definition) is 2. The van der Waals surface area contributed by atoms with Gasteiger partial charge in [-0.1, -0.05) is 0 Å². The summed E-state index contributed by atoms with van der Waals surface area (Å²) >= 11 is 3.31. The predicted molar refractivity (Wildman–Crippen MR) is 47.9 cm³/mol. The third-order valence-corrected chi connectivity index (χ3v) is 1.77. The molecule has 0 aliphatic heterocycles. The molecule has 1 aromatic heterocycles. The van der Waals surface area contributed by atoms with E-state index in [0.717, 1.165) is 4.47 Å². The van der Waals surface area contributed by atoms with Gasteiger partial charge in [-0.05, 0) is 28.1 Å². The number of rotatable bonds is 2. The Morgan fingerprint density at radius 3 is 3.00 bits per heavy atom. The fourth-order valence-electron chi connectivity index (χ4n) is 0.775. The van der Waals surface area contributed by atoms with Crippen molar-refractivity contribution in [3.05, 3.63) is 28.3 Å². The van der Waals surface area contributed by atoms with Gasteiger partial charge in [-0.25, -0.2) is 5.43 Å². The molecule has 5 heteroatoms. The van der Waals surface area contributed by atoms with Crippen LogP contribution in [-0.4, -0.2) is 11.0 Å². The van der Waals surface area contributed by atoms with E-state index < -0.39 is 0 Å². The molecule has 12 heavy (non-hydrogen) atoms. The van der Waals surface area contributed by atoms with E-state index in [1.54, 1.807) is 10.6 Å². The van der Waals surface area contributed by atoms with Crippen LogP contribution in [0.15, 0.2) is 27.9 Å². The lowest BCUT2D eigenvalue weighted by Gasteiger charge is -1.98. The first-order chi connectivity index (χ1) is 5.74. The maximum atomic E-state index is 9.93. The van der Waals surface area contributed by atoms with E-state index in [4.69, 9.17) is 0 Å². The largest absolute Gasteiger partial charge is 0.334 e. The highest BCUT2D eigenvalue weighted by atomic mass is 79.9. The van der Waals surface area contributed by atoms with Crippen molar-refractivity contribution in [2.24, 2.45) is 12.1 Å². The standard InChI is InChI=1S/C7H8BrN3O/c1-11-4-6(8)2-3-7(11)10-9-5-12/h2-5H,1H3,(H,9,12)/b10-7-. The summed E-state index contributed by atoms with van der Waals surface area (Å²) in [5.41, 5.74) is 2.92. The second kappa shape index (κ2) is 4.06. The zero-order chi connectivity index (χ0) is 8.97. The molecule has 4 nitrogen and oxygen atoms in total. The number of pyridine rings is 1. The second-order valence-electron chi connectivity index (χ2n) is 2.18. The summed E-state index contributed by atoms with van der Waals surface area (Å²) < 4.78 is 2.76. The Kier molecular flexibility index (Phi) is 3.04. The maximum absolute atomic E-state index is 9.93. The van der Waals surface area contributed by atoms with Crippen molar-refractivity contribution in [1.29, 1.82) is 0 Å². The minimum atomic E-state index is 0.530. The van der Waals surface area contributed by atoms with E-state index in [1.807, 2.05) is 19.3 Å². The average Bonchev–Trinajstić information content (AvgIpc) is 2.03. The molecule has 0 bridgehead atoms. The van der Waals surface area contributed by atoms with Crippen LogP contribution in [0.4, 0.5) is 0 Å². The number of nitrogens with one attached hydrogen (secondary N) is 1. The Bertz CT molecular complexity index is 345. The Morgan fingerprint density at radius 1 is 1.67 bits per heavy atom. The highest BCUT2D eigenvalue weighted by Crippen LogP contribution is 2.03. The van der Waals surface area contributed by atoms with Gasteiger partial charge in [0.25, 0.3) is 0 Å². The molecule has 0 aliphatic rings. The number of carbonyl (C=O) groups excluding carboxylic acids is 1. The van der Waals surface area contributed by atoms with Crippen molar-refractivity contribution in [1.82, 2.24) is 9.99 Å². The number of carbonyl (C=O) groups is 1. The van der Waals surface area contributed by atoms with Gasteiger partial charge in [0.1, 0.15) is 0 Å². The van der Waals surface area contributed by atoms with Crippen molar-refractivity contribution in [2.75, 3.05) is 0 Å². The predicted octanol–water partition coefficient (Wildman–Crippen LogP) is 0.349. The summed E-state index contributed by atoms with van der Waals surface area (Å²) in [6.45, 7) is 0. The molecule has 0 fully saturated rings. The second-order valence-corrected chi connectivity index (χ2v) is 3.09. The number of nitrogens with zero attached hydrogens (tertiary/aromatic N) is 2. The van der Waals surface area contributed by atoms with Crippen molar-refractivity contribution in [3.8, 4) is 0 Å². The minimum Gasteiger partial charge on any atom is -0.334 e. The monoisotopic (exact) mass is 229 g/mol. The molecule has 0 unspecified atom stereocenters. The first-order valence-electron chi connectivity index (χ1n) is 3.29. The lowest BCUT2D eigenvalue weighted by Crippen LogP contribution is -2.20. The summed E-state index contributed by atoms with van der Waals surface area (Å²) in [6, 6.07) is 3.64. The van der Waals surface area contributed by atoms with Gasteiger partial charge in [-0.15, -0.1) is 0 Å². The summed E-state index contributed by atoms with van der Waals surface area (Å²) in [6.07, 6.45) is 2.38. The molecule has 0 spiro atoms. The first-order valence-corrected chi connectivity index (χ1v) is 4.08. The molecule has 1 N–H and O–H groups in total. The third-order valence-electron chi connectivity index (χ3n) is 1.30. The lowest BCUT2D eigenvalue weighted by molar-refractivity contribution is -0.109. The Balaban J connectivity index is 3.08. The van der Waals surface area contributed by atoms with Gasteiger partial charge in [-0.2, -0.15) is 5.10 Å².